The lowest BCUT2D eigenvalue weighted by Crippen LogP contribution is -2.14. The lowest BCUT2D eigenvalue weighted by Gasteiger charge is -2.17. The molecule has 0 aliphatic carbocycles. The van der Waals surface area contributed by atoms with Crippen molar-refractivity contribution in [3.8, 4) is 44.5 Å². The highest BCUT2D eigenvalue weighted by Crippen LogP contribution is 2.43. The first kappa shape index (κ1) is 52.1. The number of para-hydroxylation sites is 1. The Morgan fingerprint density at radius 3 is 1.11 bits per heavy atom. The van der Waals surface area contributed by atoms with Crippen LogP contribution in [-0.2, 0) is 0 Å². The van der Waals surface area contributed by atoms with E-state index in [-0.39, 0.29) is 11.8 Å². The van der Waals surface area contributed by atoms with Gasteiger partial charge in [0.1, 0.15) is 0 Å². The molecule has 0 spiro atoms. The van der Waals surface area contributed by atoms with Gasteiger partial charge < -0.3 is 15.3 Å². The summed E-state index contributed by atoms with van der Waals surface area (Å²) in [6, 6.07) is 42.1. The van der Waals surface area contributed by atoms with E-state index in [4.69, 9.17) is 24.9 Å². The number of rotatable bonds is 9. The smallest absolute Gasteiger partial charge is 0.257 e. The van der Waals surface area contributed by atoms with Crippen molar-refractivity contribution in [1.29, 1.82) is 0 Å². The van der Waals surface area contributed by atoms with Crippen LogP contribution in [0.2, 0.25) is 0 Å². The highest BCUT2D eigenvalue weighted by Gasteiger charge is 2.25. The van der Waals surface area contributed by atoms with E-state index in [9.17, 15) is 4.79 Å². The van der Waals surface area contributed by atoms with Gasteiger partial charge in [-0.1, -0.05) is 83.4 Å². The highest BCUT2D eigenvalue weighted by molar-refractivity contribution is 6.08. The van der Waals surface area contributed by atoms with E-state index >= 15 is 0 Å². The monoisotopic (exact) mass is 1060 g/mol. The number of anilines is 1. The minimum absolute atomic E-state index is 0.299. The zero-order valence-electron chi connectivity index (χ0n) is 47.8. The number of hydrogen-bond donors (Lipinski definition) is 3. The summed E-state index contributed by atoms with van der Waals surface area (Å²) in [7, 11) is 0. The predicted molar refractivity (Wildman–Crippen MR) is 334 cm³/mol. The third-order valence-electron chi connectivity index (χ3n) is 15.8. The van der Waals surface area contributed by atoms with Crippen LogP contribution in [0.5, 0.6) is 0 Å². The van der Waals surface area contributed by atoms with Gasteiger partial charge in [-0.05, 0) is 216 Å². The van der Waals surface area contributed by atoms with E-state index in [1.165, 1.54) is 27.8 Å². The molecule has 0 atom stereocenters. The summed E-state index contributed by atoms with van der Waals surface area (Å²) in [6.45, 7) is 23.7. The zero-order chi connectivity index (χ0) is 56.4. The van der Waals surface area contributed by atoms with Gasteiger partial charge >= 0.3 is 0 Å². The topological polar surface area (TPSA) is 125 Å². The fraction of sp³-hybridized carbons (Fsp3) is 0.167. The standard InChI is InChI=1S/C72H64N8O/c1-39-16-19-53(73-36-39)68(54-20-17-40(2)37-74-54)55-21-18-50(38-75-55)72(81)80-52-15-13-12-14-51(52)67-56-22-24-58(76-56)69(64-44(6)30-41(3)31-45(64)7)60-26-28-62(78-60)71(66-48(10)34-43(5)35-49(66)11)63-29-27-61(79-63)70(59-25-23-57(67)77-59)65-46(8)32-42(4)33-47(65)9/h12-38,68,76,79H,1-11H3,(H,80,81). The number of benzene rings is 4. The van der Waals surface area contributed by atoms with E-state index in [1.54, 1.807) is 6.20 Å². The summed E-state index contributed by atoms with van der Waals surface area (Å²) in [5, 5.41) is 3.31. The third kappa shape index (κ3) is 9.79. The Bertz CT molecular complexity index is 4270. The summed E-state index contributed by atoms with van der Waals surface area (Å²) >= 11 is 0. The minimum atomic E-state index is -0.330. The molecule has 8 heterocycles. The Morgan fingerprint density at radius 1 is 0.383 bits per heavy atom. The summed E-state index contributed by atoms with van der Waals surface area (Å²) in [6.07, 6.45) is 13.9. The molecular formula is C72H64N8O. The molecule has 0 fully saturated rings. The number of fused-ring (bicyclic) bond motifs is 8. The first-order valence-electron chi connectivity index (χ1n) is 27.7. The highest BCUT2D eigenvalue weighted by atomic mass is 16.1. The predicted octanol–water partition coefficient (Wildman–Crippen LogP) is 17.3. The number of carbonyl (C=O) groups is 1. The molecular weight excluding hydrogens is 993 g/mol. The van der Waals surface area contributed by atoms with Crippen LogP contribution in [0.15, 0.2) is 140 Å². The first-order chi connectivity index (χ1) is 39.1. The van der Waals surface area contributed by atoms with Gasteiger partial charge in [-0.15, -0.1) is 0 Å². The lowest BCUT2D eigenvalue weighted by atomic mass is 9.92. The Labute approximate surface area is 473 Å². The quantitative estimate of drug-likeness (QED) is 0.132. The van der Waals surface area contributed by atoms with Crippen LogP contribution in [0.1, 0.15) is 117 Å². The molecule has 3 N–H and O–H groups in total. The Kier molecular flexibility index (Phi) is 13.4. The van der Waals surface area contributed by atoms with Gasteiger partial charge in [0.15, 0.2) is 0 Å². The molecule has 9 nitrogen and oxygen atoms in total. The Hall–Kier alpha value is -9.60. The average molecular weight is 1060 g/mol. The van der Waals surface area contributed by atoms with E-state index in [0.717, 1.165) is 140 Å². The largest absolute Gasteiger partial charge is 0.354 e. The van der Waals surface area contributed by atoms with E-state index in [2.05, 4.69) is 169 Å². The van der Waals surface area contributed by atoms with Crippen molar-refractivity contribution in [2.45, 2.75) is 82.1 Å². The number of pyridine rings is 3. The SMILES string of the molecule is Cc1ccc(C(c2ccc(C)cn2)c2ccc(C(=O)Nc3ccccc3-c3c4nc(c(-c5c(C)cc(C)cc5C)c5ccc([nH]5)c(-c5c(C)cc(C)cc5C)c5nc(c(-c6c(C)cc(C)cc6C)c6ccc3[nH]6)C=C5)C=C4)cn2)nc1. The number of aromatic nitrogens is 7. The van der Waals surface area contributed by atoms with Gasteiger partial charge in [-0.2, -0.15) is 0 Å². The summed E-state index contributed by atoms with van der Waals surface area (Å²) < 4.78 is 0. The number of aromatic amines is 2. The van der Waals surface area contributed by atoms with Crippen LogP contribution >= 0.6 is 0 Å². The van der Waals surface area contributed by atoms with Gasteiger partial charge in [0.25, 0.3) is 5.91 Å². The van der Waals surface area contributed by atoms with Crippen LogP contribution in [0.3, 0.4) is 0 Å². The first-order valence-corrected chi connectivity index (χ1v) is 27.7. The third-order valence-corrected chi connectivity index (χ3v) is 15.8. The van der Waals surface area contributed by atoms with Crippen LogP contribution < -0.4 is 5.32 Å². The van der Waals surface area contributed by atoms with E-state index in [0.29, 0.717) is 11.3 Å². The van der Waals surface area contributed by atoms with Crippen molar-refractivity contribution < 1.29 is 4.79 Å². The number of nitrogens with zero attached hydrogens (tertiary/aromatic N) is 5. The van der Waals surface area contributed by atoms with Gasteiger partial charge in [-0.3, -0.25) is 19.7 Å². The second kappa shape index (κ2) is 20.9. The summed E-state index contributed by atoms with van der Waals surface area (Å²) in [5.74, 6) is -0.629. The van der Waals surface area contributed by atoms with Crippen molar-refractivity contribution >= 4 is 58.0 Å². The van der Waals surface area contributed by atoms with Crippen LogP contribution in [-0.4, -0.2) is 40.8 Å². The van der Waals surface area contributed by atoms with E-state index in [1.807, 2.05) is 80.8 Å². The number of aryl methyl sites for hydroxylation is 11. The summed E-state index contributed by atoms with van der Waals surface area (Å²) in [4.78, 5) is 48.4. The number of nitrogens with one attached hydrogen (secondary N) is 3. The maximum Gasteiger partial charge on any atom is 0.257 e. The molecule has 0 saturated heterocycles. The van der Waals surface area contributed by atoms with Gasteiger partial charge in [0.05, 0.1) is 51.3 Å². The number of amides is 1. The van der Waals surface area contributed by atoms with Crippen LogP contribution in [0.25, 0.3) is 90.9 Å². The van der Waals surface area contributed by atoms with Crippen molar-refractivity contribution in [3.05, 3.63) is 247 Å². The van der Waals surface area contributed by atoms with Crippen LogP contribution in [0, 0.1) is 76.2 Å². The van der Waals surface area contributed by atoms with Crippen molar-refractivity contribution in [2.24, 2.45) is 0 Å². The number of H-pyrrole nitrogens is 2. The normalized spacial score (nSPS) is 12.0. The second-order valence-corrected chi connectivity index (χ2v) is 22.2. The molecule has 12 rings (SSSR count). The van der Waals surface area contributed by atoms with Gasteiger partial charge in [-0.25, -0.2) is 9.97 Å². The van der Waals surface area contributed by atoms with E-state index < -0.39 is 0 Å². The van der Waals surface area contributed by atoms with Crippen molar-refractivity contribution in [2.75, 3.05) is 5.32 Å². The van der Waals surface area contributed by atoms with Crippen molar-refractivity contribution in [1.82, 2.24) is 34.9 Å². The maximum atomic E-state index is 14.7. The van der Waals surface area contributed by atoms with Crippen LogP contribution in [0.4, 0.5) is 5.69 Å². The number of carbonyl (C=O) groups excluding carboxylic acids is 1. The summed E-state index contributed by atoms with van der Waals surface area (Å²) in [5.41, 5.74) is 31.1. The molecule has 0 unspecified atom stereocenters. The van der Waals surface area contributed by atoms with Gasteiger partial charge in [0.2, 0.25) is 0 Å². The zero-order valence-corrected chi connectivity index (χ0v) is 47.8. The Morgan fingerprint density at radius 2 is 0.741 bits per heavy atom. The molecule has 81 heavy (non-hydrogen) atoms. The Balaban J connectivity index is 1.10. The average Bonchev–Trinajstić information content (AvgIpc) is 4.50. The minimum Gasteiger partial charge on any atom is -0.354 e. The van der Waals surface area contributed by atoms with Crippen molar-refractivity contribution in [3.63, 3.8) is 0 Å². The fourth-order valence-corrected chi connectivity index (χ4v) is 12.5. The molecule has 398 valence electrons. The molecule has 2 aliphatic rings. The molecule has 2 aliphatic heterocycles. The molecule has 1 amide bonds. The molecule has 10 aromatic rings. The number of hydrogen-bond acceptors (Lipinski definition) is 6. The maximum absolute atomic E-state index is 14.7. The lowest BCUT2D eigenvalue weighted by molar-refractivity contribution is 0.102. The molecule has 9 heteroatoms. The molecule has 6 aromatic heterocycles. The van der Waals surface area contributed by atoms with Gasteiger partial charge in [0, 0.05) is 74.2 Å². The second-order valence-electron chi connectivity index (χ2n) is 22.2. The molecule has 8 bridgehead atoms. The molecule has 4 aromatic carbocycles. The fourth-order valence-electron chi connectivity index (χ4n) is 12.5. The molecule has 0 saturated carbocycles. The molecule has 0 radical (unpaired) electrons.